The second-order valence-electron chi connectivity index (χ2n) is 7.57. The summed E-state index contributed by atoms with van der Waals surface area (Å²) in [5, 5.41) is 6.89. The largest absolute Gasteiger partial charge is 0.356 e. The number of aliphatic imine (C=N–C) groups is 1. The van der Waals surface area contributed by atoms with Crippen molar-refractivity contribution in [2.75, 3.05) is 26.7 Å². The average Bonchev–Trinajstić information content (AvgIpc) is 3.34. The number of carbonyl (C=O) groups excluding carboxylic acids is 1. The van der Waals surface area contributed by atoms with Crippen LogP contribution in [0, 0.1) is 12.8 Å². The summed E-state index contributed by atoms with van der Waals surface area (Å²) in [5.41, 5.74) is 2.69. The molecule has 5 heteroatoms. The summed E-state index contributed by atoms with van der Waals surface area (Å²) >= 11 is 0. The van der Waals surface area contributed by atoms with Crippen molar-refractivity contribution in [3.8, 4) is 0 Å². The molecule has 26 heavy (non-hydrogen) atoms. The first kappa shape index (κ1) is 18.7. The van der Waals surface area contributed by atoms with Crippen molar-refractivity contribution in [2.45, 2.75) is 51.5 Å². The summed E-state index contributed by atoms with van der Waals surface area (Å²) in [6.07, 6.45) is 6.55. The van der Waals surface area contributed by atoms with Crippen molar-refractivity contribution in [1.29, 1.82) is 0 Å². The van der Waals surface area contributed by atoms with Gasteiger partial charge in [0.15, 0.2) is 5.96 Å². The third-order valence-corrected chi connectivity index (χ3v) is 5.72. The zero-order valence-corrected chi connectivity index (χ0v) is 16.1. The molecule has 2 N–H and O–H groups in total. The molecular formula is C21H32N4O. The lowest BCUT2D eigenvalue weighted by Gasteiger charge is -2.21. The molecule has 3 rings (SSSR count). The predicted molar refractivity (Wildman–Crippen MR) is 106 cm³/mol. The van der Waals surface area contributed by atoms with E-state index in [1.54, 1.807) is 7.05 Å². The summed E-state index contributed by atoms with van der Waals surface area (Å²) in [6.45, 7) is 4.67. The number of nitrogens with one attached hydrogen (secondary N) is 2. The van der Waals surface area contributed by atoms with E-state index in [0.717, 1.165) is 51.3 Å². The standard InChI is InChI=1S/C21H32N4O/c1-16-7-3-4-8-17(16)11-13-23-21(22-2)24-19-12-14-25(15-19)20(26)18-9-5-6-10-18/h3-4,7-8,18-19H,5-6,9-15H2,1-2H3,(H2,22,23,24). The minimum atomic E-state index is 0.278. The van der Waals surface area contributed by atoms with Gasteiger partial charge in [0.2, 0.25) is 5.91 Å². The number of rotatable bonds is 5. The fraction of sp³-hybridized carbons (Fsp3) is 0.619. The van der Waals surface area contributed by atoms with Gasteiger partial charge in [0.05, 0.1) is 0 Å². The van der Waals surface area contributed by atoms with Gasteiger partial charge in [-0.1, -0.05) is 37.1 Å². The molecule has 1 heterocycles. The molecule has 142 valence electrons. The molecule has 1 atom stereocenters. The predicted octanol–water partition coefficient (Wildman–Crippen LogP) is 2.49. The number of hydrogen-bond donors (Lipinski definition) is 2. The van der Waals surface area contributed by atoms with Crippen LogP contribution in [0.4, 0.5) is 0 Å². The van der Waals surface area contributed by atoms with Crippen LogP contribution in [0.25, 0.3) is 0 Å². The highest BCUT2D eigenvalue weighted by molar-refractivity contribution is 5.81. The van der Waals surface area contributed by atoms with Crippen molar-refractivity contribution < 1.29 is 4.79 Å². The lowest BCUT2D eigenvalue weighted by molar-refractivity contribution is -0.134. The van der Waals surface area contributed by atoms with Crippen molar-refractivity contribution in [3.63, 3.8) is 0 Å². The van der Waals surface area contributed by atoms with Gasteiger partial charge in [-0.15, -0.1) is 0 Å². The maximum absolute atomic E-state index is 12.6. The van der Waals surface area contributed by atoms with Crippen LogP contribution in [0.5, 0.6) is 0 Å². The van der Waals surface area contributed by atoms with Crippen LogP contribution in [0.3, 0.4) is 0 Å². The molecule has 2 aliphatic rings. The lowest BCUT2D eigenvalue weighted by atomic mass is 10.1. The van der Waals surface area contributed by atoms with E-state index in [1.807, 2.05) is 4.90 Å². The van der Waals surface area contributed by atoms with Crippen LogP contribution in [0.2, 0.25) is 0 Å². The second kappa shape index (κ2) is 9.06. The van der Waals surface area contributed by atoms with Crippen molar-refractivity contribution in [2.24, 2.45) is 10.9 Å². The molecule has 1 amide bonds. The topological polar surface area (TPSA) is 56.7 Å². The Balaban J connectivity index is 1.42. The van der Waals surface area contributed by atoms with Crippen molar-refractivity contribution in [3.05, 3.63) is 35.4 Å². The van der Waals surface area contributed by atoms with Crippen molar-refractivity contribution in [1.82, 2.24) is 15.5 Å². The molecule has 0 bridgehead atoms. The number of aryl methyl sites for hydroxylation is 1. The van der Waals surface area contributed by atoms with Gasteiger partial charge in [-0.3, -0.25) is 9.79 Å². The van der Waals surface area contributed by atoms with E-state index in [0.29, 0.717) is 11.9 Å². The van der Waals surface area contributed by atoms with Crippen LogP contribution in [-0.4, -0.2) is 49.5 Å². The van der Waals surface area contributed by atoms with Gasteiger partial charge in [0.25, 0.3) is 0 Å². The summed E-state index contributed by atoms with van der Waals surface area (Å²) in [6, 6.07) is 8.79. The molecule has 0 spiro atoms. The summed E-state index contributed by atoms with van der Waals surface area (Å²) in [4.78, 5) is 19.0. The highest BCUT2D eigenvalue weighted by atomic mass is 16.2. The molecule has 1 aliphatic heterocycles. The maximum atomic E-state index is 12.6. The molecule has 1 unspecified atom stereocenters. The van der Waals surface area contributed by atoms with E-state index < -0.39 is 0 Å². The number of likely N-dealkylation sites (tertiary alicyclic amines) is 1. The van der Waals surface area contributed by atoms with E-state index >= 15 is 0 Å². The number of benzene rings is 1. The van der Waals surface area contributed by atoms with Gasteiger partial charge in [0, 0.05) is 38.6 Å². The Labute approximate surface area is 157 Å². The zero-order chi connectivity index (χ0) is 18.4. The van der Waals surface area contributed by atoms with Gasteiger partial charge < -0.3 is 15.5 Å². The Hall–Kier alpha value is -2.04. The highest BCUT2D eigenvalue weighted by Crippen LogP contribution is 2.27. The Bertz CT molecular complexity index is 637. The molecular weight excluding hydrogens is 324 g/mol. The van der Waals surface area contributed by atoms with Crippen LogP contribution in [0.1, 0.15) is 43.2 Å². The molecule has 2 fully saturated rings. The van der Waals surface area contributed by atoms with Gasteiger partial charge in [0.1, 0.15) is 0 Å². The number of carbonyl (C=O) groups is 1. The summed E-state index contributed by atoms with van der Waals surface area (Å²) in [5.74, 6) is 1.48. The molecule has 1 aromatic carbocycles. The van der Waals surface area contributed by atoms with E-state index in [4.69, 9.17) is 0 Å². The fourth-order valence-corrected chi connectivity index (χ4v) is 4.10. The van der Waals surface area contributed by atoms with Crippen LogP contribution in [0.15, 0.2) is 29.3 Å². The molecule has 0 aromatic heterocycles. The summed E-state index contributed by atoms with van der Waals surface area (Å²) < 4.78 is 0. The van der Waals surface area contributed by atoms with Crippen LogP contribution >= 0.6 is 0 Å². The van der Waals surface area contributed by atoms with Gasteiger partial charge in [-0.05, 0) is 43.7 Å². The first-order valence-electron chi connectivity index (χ1n) is 9.98. The second-order valence-corrected chi connectivity index (χ2v) is 7.57. The molecule has 1 saturated carbocycles. The maximum Gasteiger partial charge on any atom is 0.225 e. The van der Waals surface area contributed by atoms with Gasteiger partial charge in [-0.2, -0.15) is 0 Å². The Kier molecular flexibility index (Phi) is 6.53. The Morgan fingerprint density at radius 3 is 2.73 bits per heavy atom. The first-order valence-corrected chi connectivity index (χ1v) is 9.98. The van der Waals surface area contributed by atoms with Gasteiger partial charge >= 0.3 is 0 Å². The van der Waals surface area contributed by atoms with E-state index in [1.165, 1.54) is 24.0 Å². The molecule has 0 radical (unpaired) electrons. The highest BCUT2D eigenvalue weighted by Gasteiger charge is 2.32. The Morgan fingerprint density at radius 2 is 2.00 bits per heavy atom. The van der Waals surface area contributed by atoms with E-state index in [2.05, 4.69) is 46.8 Å². The van der Waals surface area contributed by atoms with Crippen molar-refractivity contribution >= 4 is 11.9 Å². The number of nitrogens with zero attached hydrogens (tertiary/aromatic N) is 2. The van der Waals surface area contributed by atoms with E-state index in [-0.39, 0.29) is 5.92 Å². The average molecular weight is 357 g/mol. The monoisotopic (exact) mass is 356 g/mol. The van der Waals surface area contributed by atoms with Crippen LogP contribution in [-0.2, 0) is 11.2 Å². The summed E-state index contributed by atoms with van der Waals surface area (Å²) in [7, 11) is 1.81. The Morgan fingerprint density at radius 1 is 1.23 bits per heavy atom. The zero-order valence-electron chi connectivity index (χ0n) is 16.1. The molecule has 1 aliphatic carbocycles. The molecule has 1 aromatic rings. The third-order valence-electron chi connectivity index (χ3n) is 5.72. The normalized spacial score (nSPS) is 21.2. The minimum Gasteiger partial charge on any atom is -0.356 e. The fourth-order valence-electron chi connectivity index (χ4n) is 4.10. The lowest BCUT2D eigenvalue weighted by Crippen LogP contribution is -2.45. The molecule has 5 nitrogen and oxygen atoms in total. The smallest absolute Gasteiger partial charge is 0.225 e. The quantitative estimate of drug-likeness (QED) is 0.629. The SMILES string of the molecule is CN=C(NCCc1ccccc1C)NC1CCN(C(=O)C2CCCC2)C1. The van der Waals surface area contributed by atoms with Gasteiger partial charge in [-0.25, -0.2) is 0 Å². The van der Waals surface area contributed by atoms with Crippen LogP contribution < -0.4 is 10.6 Å². The minimum absolute atomic E-state index is 0.278. The number of hydrogen-bond acceptors (Lipinski definition) is 2. The van der Waals surface area contributed by atoms with E-state index in [9.17, 15) is 4.79 Å². The molecule has 1 saturated heterocycles. The third kappa shape index (κ3) is 4.77. The number of guanidine groups is 1. The first-order chi connectivity index (χ1) is 12.7. The number of amides is 1.